The number of anilines is 1. The number of quaternary nitrogens is 1. The van der Waals surface area contributed by atoms with Gasteiger partial charge in [0.1, 0.15) is 4.90 Å². The molecule has 0 aliphatic rings. The summed E-state index contributed by atoms with van der Waals surface area (Å²) in [4.78, 5) is -0.643. The average molecular weight is 475 g/mol. The summed E-state index contributed by atoms with van der Waals surface area (Å²) in [7, 11) is -7.96. The zero-order valence-corrected chi connectivity index (χ0v) is 18.2. The van der Waals surface area contributed by atoms with Crippen molar-refractivity contribution in [3.63, 3.8) is 0 Å². The third kappa shape index (κ3) is 4.22. The molecule has 0 saturated carbocycles. The Balaban J connectivity index is 1.73. The van der Waals surface area contributed by atoms with E-state index in [9.17, 15) is 22.0 Å². The van der Waals surface area contributed by atoms with Crippen LogP contribution in [0.2, 0.25) is 0 Å². The van der Waals surface area contributed by atoms with E-state index in [4.69, 9.17) is 5.21 Å². The molecule has 1 aromatic heterocycles. The topological polar surface area (TPSA) is 157 Å². The molecule has 0 amide bonds. The summed E-state index contributed by atoms with van der Waals surface area (Å²) in [5, 5.41) is 26.8. The van der Waals surface area contributed by atoms with Gasteiger partial charge in [0.25, 0.3) is 10.0 Å². The van der Waals surface area contributed by atoms with Gasteiger partial charge in [0.2, 0.25) is 0 Å². The lowest BCUT2D eigenvalue weighted by molar-refractivity contribution is -0.991. The van der Waals surface area contributed by atoms with Gasteiger partial charge in [-0.25, -0.2) is 22.0 Å². The quantitative estimate of drug-likeness (QED) is 0.311. The van der Waals surface area contributed by atoms with E-state index in [0.29, 0.717) is 22.2 Å². The summed E-state index contributed by atoms with van der Waals surface area (Å²) < 4.78 is 52.3. The van der Waals surface area contributed by atoms with Crippen molar-refractivity contribution in [3.8, 4) is 11.3 Å². The molecule has 166 valence electrons. The standard InChI is InChI=1S/C20H18N4O6S2/c1-31(27,28)18-4-2-3-5-19(18)32(29,30)23-14-8-11-17-16(12-14)20(22-21-17)13-6-9-15(10-7-13)24(25)26/h2-12,23-25H,1H3,(H,21,22). The number of sulfone groups is 1. The molecule has 12 heteroatoms. The lowest BCUT2D eigenvalue weighted by atomic mass is 10.1. The molecule has 0 aliphatic carbocycles. The van der Waals surface area contributed by atoms with Crippen molar-refractivity contribution < 1.29 is 27.3 Å². The Labute approximate surface area is 183 Å². The number of hydrogen-bond acceptors (Lipinski definition) is 7. The van der Waals surface area contributed by atoms with Crippen molar-refractivity contribution in [2.45, 2.75) is 9.79 Å². The number of H-pyrrole nitrogens is 1. The van der Waals surface area contributed by atoms with Gasteiger partial charge in [-0.2, -0.15) is 10.3 Å². The van der Waals surface area contributed by atoms with E-state index in [0.717, 1.165) is 6.26 Å². The number of sulfonamides is 1. The zero-order valence-electron chi connectivity index (χ0n) is 16.6. The number of hydrogen-bond donors (Lipinski definition) is 4. The maximum Gasteiger partial charge on any atom is 0.263 e. The normalized spacial score (nSPS) is 13.2. The molecule has 0 bridgehead atoms. The van der Waals surface area contributed by atoms with Gasteiger partial charge in [0, 0.05) is 35.0 Å². The highest BCUT2D eigenvalue weighted by molar-refractivity contribution is 7.95. The number of benzene rings is 3. The predicted molar refractivity (Wildman–Crippen MR) is 118 cm³/mol. The second-order valence-corrected chi connectivity index (χ2v) is 10.7. The number of fused-ring (bicyclic) bond motifs is 1. The molecule has 4 N–H and O–H groups in total. The Kier molecular flexibility index (Phi) is 5.48. The molecule has 32 heavy (non-hydrogen) atoms. The Hall–Kier alpha value is -3.29. The first-order valence-electron chi connectivity index (χ1n) is 9.20. The van der Waals surface area contributed by atoms with Gasteiger partial charge in [0.15, 0.2) is 15.5 Å². The number of aromatic amines is 1. The van der Waals surface area contributed by atoms with Crippen LogP contribution in [0, 0.1) is 5.21 Å². The fraction of sp³-hybridized carbons (Fsp3) is 0.0500. The Bertz CT molecular complexity index is 1510. The highest BCUT2D eigenvalue weighted by Crippen LogP contribution is 2.30. The van der Waals surface area contributed by atoms with Crippen LogP contribution in [0.15, 0.2) is 76.5 Å². The summed E-state index contributed by atoms with van der Waals surface area (Å²) >= 11 is 0. The van der Waals surface area contributed by atoms with E-state index in [1.807, 2.05) is 0 Å². The van der Waals surface area contributed by atoms with Gasteiger partial charge in [-0.15, -0.1) is 0 Å². The molecule has 1 atom stereocenters. The van der Waals surface area contributed by atoms with Crippen LogP contribution in [0.25, 0.3) is 22.2 Å². The van der Waals surface area contributed by atoms with Crippen molar-refractivity contribution in [2.75, 3.05) is 11.0 Å². The third-order valence-electron chi connectivity index (χ3n) is 4.76. The fourth-order valence-corrected chi connectivity index (χ4v) is 5.94. The summed E-state index contributed by atoms with van der Waals surface area (Å²) in [6.45, 7) is 0. The number of nitrogens with one attached hydrogen (secondary N) is 3. The summed E-state index contributed by atoms with van der Waals surface area (Å²) in [5.41, 5.74) is 2.14. The average Bonchev–Trinajstić information content (AvgIpc) is 3.16. The van der Waals surface area contributed by atoms with Gasteiger partial charge < -0.3 is 5.21 Å². The second kappa shape index (κ2) is 8.00. The van der Waals surface area contributed by atoms with Crippen LogP contribution in [-0.4, -0.2) is 38.5 Å². The van der Waals surface area contributed by atoms with Gasteiger partial charge >= 0.3 is 0 Å². The SMILES string of the molecule is CS(=O)(=O)c1ccccc1S(=O)(=O)Nc1ccc2[nH]nc(-c3ccc([NH+]([O-])O)cc3)c2c1. The van der Waals surface area contributed by atoms with Crippen LogP contribution in [0.5, 0.6) is 0 Å². The molecular weight excluding hydrogens is 456 g/mol. The maximum absolute atomic E-state index is 12.9. The van der Waals surface area contributed by atoms with Crippen LogP contribution in [0.1, 0.15) is 0 Å². The first-order valence-corrected chi connectivity index (χ1v) is 12.6. The van der Waals surface area contributed by atoms with E-state index in [1.165, 1.54) is 42.5 Å². The molecule has 0 saturated heterocycles. The summed E-state index contributed by atoms with van der Waals surface area (Å²) in [6.07, 6.45) is 0.945. The molecule has 4 aromatic rings. The van der Waals surface area contributed by atoms with E-state index in [-0.39, 0.29) is 21.2 Å². The Morgan fingerprint density at radius 1 is 0.969 bits per heavy atom. The Morgan fingerprint density at radius 3 is 2.25 bits per heavy atom. The molecule has 4 rings (SSSR count). The van der Waals surface area contributed by atoms with Crippen LogP contribution < -0.4 is 9.95 Å². The van der Waals surface area contributed by atoms with E-state index in [1.54, 1.807) is 24.3 Å². The summed E-state index contributed by atoms with van der Waals surface area (Å²) in [6, 6.07) is 16.2. The minimum absolute atomic E-state index is 0.131. The first kappa shape index (κ1) is 21.9. The van der Waals surface area contributed by atoms with Gasteiger partial charge in [0.05, 0.1) is 16.1 Å². The van der Waals surface area contributed by atoms with Crippen LogP contribution in [-0.2, 0) is 19.9 Å². The molecule has 0 aliphatic heterocycles. The Morgan fingerprint density at radius 2 is 1.62 bits per heavy atom. The van der Waals surface area contributed by atoms with E-state index in [2.05, 4.69) is 14.9 Å². The third-order valence-corrected chi connectivity index (χ3v) is 7.48. The minimum atomic E-state index is -4.20. The lowest BCUT2D eigenvalue weighted by Gasteiger charge is -2.12. The molecule has 1 unspecified atom stereocenters. The molecule has 0 radical (unpaired) electrons. The number of aromatic nitrogens is 2. The van der Waals surface area contributed by atoms with Crippen molar-refractivity contribution in [2.24, 2.45) is 0 Å². The second-order valence-electron chi connectivity index (χ2n) is 7.04. The summed E-state index contributed by atoms with van der Waals surface area (Å²) in [5.74, 6) is 0. The molecular formula is C20H18N4O6S2. The molecule has 10 nitrogen and oxygen atoms in total. The van der Waals surface area contributed by atoms with Crippen LogP contribution >= 0.6 is 0 Å². The van der Waals surface area contributed by atoms with Crippen LogP contribution in [0.4, 0.5) is 11.4 Å². The molecule has 0 fully saturated rings. The molecule has 3 aromatic carbocycles. The number of nitrogens with zero attached hydrogens (tertiary/aromatic N) is 1. The van der Waals surface area contributed by atoms with Crippen molar-refractivity contribution in [1.82, 2.24) is 10.2 Å². The van der Waals surface area contributed by atoms with E-state index >= 15 is 0 Å². The molecule has 1 heterocycles. The predicted octanol–water partition coefficient (Wildman–Crippen LogP) is 1.84. The van der Waals surface area contributed by atoms with Gasteiger partial charge in [-0.05, 0) is 42.5 Å². The van der Waals surface area contributed by atoms with Crippen molar-refractivity contribution in [1.29, 1.82) is 0 Å². The van der Waals surface area contributed by atoms with Crippen molar-refractivity contribution >= 4 is 42.1 Å². The highest BCUT2D eigenvalue weighted by Gasteiger charge is 2.24. The smallest absolute Gasteiger partial charge is 0.263 e. The highest BCUT2D eigenvalue weighted by atomic mass is 32.2. The van der Waals surface area contributed by atoms with Gasteiger partial charge in [-0.3, -0.25) is 9.82 Å². The zero-order chi connectivity index (χ0) is 23.1. The molecule has 0 spiro atoms. The fourth-order valence-electron chi connectivity index (χ4n) is 3.26. The first-order chi connectivity index (χ1) is 15.1. The minimum Gasteiger partial charge on any atom is -0.595 e. The largest absolute Gasteiger partial charge is 0.595 e. The van der Waals surface area contributed by atoms with Crippen molar-refractivity contribution in [3.05, 3.63) is 71.9 Å². The van der Waals surface area contributed by atoms with E-state index < -0.39 is 25.1 Å². The number of rotatable bonds is 6. The lowest BCUT2D eigenvalue weighted by Crippen LogP contribution is -2.99. The van der Waals surface area contributed by atoms with Crippen LogP contribution in [0.3, 0.4) is 0 Å². The monoisotopic (exact) mass is 474 g/mol. The maximum atomic E-state index is 12.9. The van der Waals surface area contributed by atoms with Gasteiger partial charge in [-0.1, -0.05) is 12.1 Å².